The molecule has 2 aromatic rings. The molecule has 0 aliphatic carbocycles. The van der Waals surface area contributed by atoms with E-state index < -0.39 is 0 Å². The number of hydrogen-bond acceptors (Lipinski definition) is 6. The van der Waals surface area contributed by atoms with Crippen molar-refractivity contribution >= 4 is 12.4 Å². The smallest absolute Gasteiger partial charge is 0.128 e. The molecule has 0 aliphatic heterocycles. The van der Waals surface area contributed by atoms with Crippen LogP contribution in [0.5, 0.6) is 23.0 Å². The second kappa shape index (κ2) is 8.33. The summed E-state index contributed by atoms with van der Waals surface area (Å²) in [7, 11) is 0. The molecular formula is C22H28N2O4. The molecule has 0 amide bonds. The van der Waals surface area contributed by atoms with Crippen molar-refractivity contribution in [2.45, 2.75) is 41.5 Å². The largest absolute Gasteiger partial charge is 0.507 e. The fraction of sp³-hybridized carbons (Fsp3) is 0.364. The van der Waals surface area contributed by atoms with Gasteiger partial charge in [0.25, 0.3) is 0 Å². The molecule has 150 valence electrons. The van der Waals surface area contributed by atoms with E-state index in [1.54, 1.807) is 41.5 Å². The molecule has 0 saturated heterocycles. The molecule has 0 aliphatic rings. The molecule has 0 radical (unpaired) electrons. The fourth-order valence-electron chi connectivity index (χ4n) is 3.03. The number of nitrogens with zero attached hydrogens (tertiary/aromatic N) is 2. The monoisotopic (exact) mass is 384 g/mol. The third-order valence-electron chi connectivity index (χ3n) is 5.37. The van der Waals surface area contributed by atoms with Crippen LogP contribution in [0.1, 0.15) is 44.5 Å². The fourth-order valence-corrected chi connectivity index (χ4v) is 3.03. The number of benzene rings is 2. The van der Waals surface area contributed by atoms with Crippen LogP contribution in [0.25, 0.3) is 0 Å². The van der Waals surface area contributed by atoms with E-state index in [0.717, 1.165) is 0 Å². The molecule has 0 spiro atoms. The van der Waals surface area contributed by atoms with E-state index in [4.69, 9.17) is 0 Å². The lowest BCUT2D eigenvalue weighted by molar-refractivity contribution is 0.449. The Balaban J connectivity index is 2.13. The van der Waals surface area contributed by atoms with E-state index in [9.17, 15) is 20.4 Å². The summed E-state index contributed by atoms with van der Waals surface area (Å²) in [6, 6.07) is 0. The van der Waals surface area contributed by atoms with Gasteiger partial charge in [-0.15, -0.1) is 0 Å². The highest BCUT2D eigenvalue weighted by Crippen LogP contribution is 2.36. The van der Waals surface area contributed by atoms with Crippen molar-refractivity contribution in [1.82, 2.24) is 0 Å². The summed E-state index contributed by atoms with van der Waals surface area (Å²) in [5.74, 6) is 0.558. The first-order valence-electron chi connectivity index (χ1n) is 9.12. The van der Waals surface area contributed by atoms with Gasteiger partial charge in [-0.05, 0) is 63.8 Å². The van der Waals surface area contributed by atoms with Gasteiger partial charge >= 0.3 is 0 Å². The van der Waals surface area contributed by atoms with Crippen molar-refractivity contribution in [3.05, 3.63) is 44.5 Å². The Hall–Kier alpha value is -3.02. The summed E-state index contributed by atoms with van der Waals surface area (Å²) in [5, 5.41) is 40.8. The summed E-state index contributed by atoms with van der Waals surface area (Å²) in [6.07, 6.45) is 3.08. The molecule has 0 aromatic heterocycles. The Labute approximate surface area is 165 Å². The normalized spacial score (nSPS) is 11.8. The highest BCUT2D eigenvalue weighted by atomic mass is 16.3. The Morgan fingerprint density at radius 1 is 0.500 bits per heavy atom. The third kappa shape index (κ3) is 3.81. The van der Waals surface area contributed by atoms with Crippen LogP contribution >= 0.6 is 0 Å². The molecule has 6 nitrogen and oxygen atoms in total. The van der Waals surface area contributed by atoms with Crippen molar-refractivity contribution in [2.75, 3.05) is 13.1 Å². The van der Waals surface area contributed by atoms with Crippen LogP contribution in [0.4, 0.5) is 0 Å². The first-order chi connectivity index (χ1) is 13.1. The minimum Gasteiger partial charge on any atom is -0.507 e. The van der Waals surface area contributed by atoms with E-state index in [1.165, 1.54) is 12.4 Å². The molecule has 0 fully saturated rings. The van der Waals surface area contributed by atoms with Gasteiger partial charge in [-0.3, -0.25) is 9.98 Å². The minimum absolute atomic E-state index is 0.117. The number of rotatable bonds is 5. The van der Waals surface area contributed by atoms with E-state index in [-0.39, 0.29) is 23.0 Å². The molecular weight excluding hydrogens is 356 g/mol. The van der Waals surface area contributed by atoms with Crippen LogP contribution in [0.3, 0.4) is 0 Å². The van der Waals surface area contributed by atoms with Crippen LogP contribution in [0, 0.1) is 41.5 Å². The van der Waals surface area contributed by atoms with E-state index in [2.05, 4.69) is 9.98 Å². The Bertz CT molecular complexity index is 838. The van der Waals surface area contributed by atoms with Gasteiger partial charge in [0.15, 0.2) is 0 Å². The Morgan fingerprint density at radius 2 is 0.786 bits per heavy atom. The van der Waals surface area contributed by atoms with Crippen molar-refractivity contribution in [2.24, 2.45) is 9.98 Å². The molecule has 4 N–H and O–H groups in total. The number of aromatic hydroxyl groups is 4. The zero-order chi connectivity index (χ0) is 21.2. The standard InChI is InChI=1S/C22H28N2O4/c1-11-13(3)21(27)17(15(5)19(11)25)9-23-7-8-24-10-18-16(6)20(26)12(2)14(4)22(18)28/h9-10,25-28H,7-8H2,1-6H3/b23-9+,24-10+. The number of hydrogen-bond donors (Lipinski definition) is 4. The van der Waals surface area contributed by atoms with Crippen LogP contribution in [-0.4, -0.2) is 45.9 Å². The summed E-state index contributed by atoms with van der Waals surface area (Å²) in [4.78, 5) is 8.56. The first kappa shape index (κ1) is 21.3. The van der Waals surface area contributed by atoms with Gasteiger partial charge in [0, 0.05) is 34.7 Å². The predicted octanol–water partition coefficient (Wildman–Crippen LogP) is 3.90. The van der Waals surface area contributed by atoms with Crippen molar-refractivity contribution in [3.8, 4) is 23.0 Å². The molecule has 6 heteroatoms. The predicted molar refractivity (Wildman–Crippen MR) is 113 cm³/mol. The molecule has 0 saturated carbocycles. The van der Waals surface area contributed by atoms with Crippen molar-refractivity contribution in [1.29, 1.82) is 0 Å². The van der Waals surface area contributed by atoms with Gasteiger partial charge in [0.2, 0.25) is 0 Å². The number of phenolic OH excluding ortho intramolecular Hbond substituents is 4. The maximum absolute atomic E-state index is 10.3. The zero-order valence-corrected chi connectivity index (χ0v) is 17.3. The SMILES string of the molecule is Cc1c(C)c(O)c(/C=N/CC/N=C/c2c(C)c(O)c(C)c(C)c2O)c(C)c1O. The topological polar surface area (TPSA) is 106 Å². The molecule has 0 atom stereocenters. The summed E-state index contributed by atoms with van der Waals surface area (Å²) in [6.45, 7) is 11.2. The third-order valence-corrected chi connectivity index (χ3v) is 5.37. The lowest BCUT2D eigenvalue weighted by atomic mass is 9.98. The number of aliphatic imine (C=N–C) groups is 2. The Morgan fingerprint density at radius 3 is 1.11 bits per heavy atom. The van der Waals surface area contributed by atoms with Gasteiger partial charge in [-0.1, -0.05) is 0 Å². The highest BCUT2D eigenvalue weighted by molar-refractivity contribution is 5.89. The van der Waals surface area contributed by atoms with Gasteiger partial charge in [-0.25, -0.2) is 0 Å². The van der Waals surface area contributed by atoms with Gasteiger partial charge in [-0.2, -0.15) is 0 Å². The van der Waals surface area contributed by atoms with Gasteiger partial charge < -0.3 is 20.4 Å². The maximum atomic E-state index is 10.3. The lowest BCUT2D eigenvalue weighted by Gasteiger charge is -2.13. The van der Waals surface area contributed by atoms with E-state index in [1.807, 2.05) is 0 Å². The average molecular weight is 384 g/mol. The molecule has 0 unspecified atom stereocenters. The molecule has 2 aromatic carbocycles. The zero-order valence-electron chi connectivity index (χ0n) is 17.3. The molecule has 28 heavy (non-hydrogen) atoms. The Kier molecular flexibility index (Phi) is 6.33. The molecule has 0 heterocycles. The van der Waals surface area contributed by atoms with Gasteiger partial charge in [0.05, 0.1) is 13.1 Å². The van der Waals surface area contributed by atoms with E-state index >= 15 is 0 Å². The van der Waals surface area contributed by atoms with E-state index in [0.29, 0.717) is 57.6 Å². The first-order valence-corrected chi connectivity index (χ1v) is 9.12. The van der Waals surface area contributed by atoms with Crippen LogP contribution in [0.2, 0.25) is 0 Å². The van der Waals surface area contributed by atoms with Crippen molar-refractivity contribution < 1.29 is 20.4 Å². The van der Waals surface area contributed by atoms with Crippen molar-refractivity contribution in [3.63, 3.8) is 0 Å². The average Bonchev–Trinajstić information content (AvgIpc) is 2.68. The molecule has 0 bridgehead atoms. The summed E-state index contributed by atoms with van der Waals surface area (Å²) >= 11 is 0. The van der Waals surface area contributed by atoms with Gasteiger partial charge in [0.1, 0.15) is 23.0 Å². The highest BCUT2D eigenvalue weighted by Gasteiger charge is 2.15. The second-order valence-corrected chi connectivity index (χ2v) is 7.04. The minimum atomic E-state index is 0.117. The van der Waals surface area contributed by atoms with Crippen LogP contribution in [0.15, 0.2) is 9.98 Å². The van der Waals surface area contributed by atoms with Crippen LogP contribution < -0.4 is 0 Å². The quantitative estimate of drug-likeness (QED) is 0.356. The lowest BCUT2D eigenvalue weighted by Crippen LogP contribution is -1.98. The van der Waals surface area contributed by atoms with Crippen LogP contribution in [-0.2, 0) is 0 Å². The summed E-state index contributed by atoms with van der Waals surface area (Å²) < 4.78 is 0. The second-order valence-electron chi connectivity index (χ2n) is 7.04. The maximum Gasteiger partial charge on any atom is 0.128 e. The number of phenols is 4. The summed E-state index contributed by atoms with van der Waals surface area (Å²) in [5.41, 5.74) is 4.73. The molecule has 2 rings (SSSR count).